The molecular formula is C13H24N2S. The zero-order valence-corrected chi connectivity index (χ0v) is 11.5. The van der Waals surface area contributed by atoms with E-state index >= 15 is 0 Å². The molecule has 0 saturated heterocycles. The Kier molecular flexibility index (Phi) is 5.46. The number of hydrogen-bond acceptors (Lipinski definition) is 3. The molecule has 1 atom stereocenters. The third-order valence-electron chi connectivity index (χ3n) is 3.00. The SMILES string of the molecule is CCCC(C)(CN)CN(C)Cc1cccs1. The zero-order chi connectivity index (χ0) is 12.0. The molecule has 0 aromatic carbocycles. The molecule has 1 aromatic heterocycles. The fourth-order valence-electron chi connectivity index (χ4n) is 2.23. The van der Waals surface area contributed by atoms with Gasteiger partial charge in [0.2, 0.25) is 0 Å². The van der Waals surface area contributed by atoms with Crippen molar-refractivity contribution in [1.29, 1.82) is 0 Å². The highest BCUT2D eigenvalue weighted by atomic mass is 32.1. The average molecular weight is 240 g/mol. The van der Waals surface area contributed by atoms with Crippen molar-refractivity contribution in [2.75, 3.05) is 20.1 Å². The fraction of sp³-hybridized carbons (Fsp3) is 0.692. The van der Waals surface area contributed by atoms with E-state index in [0.717, 1.165) is 19.6 Å². The lowest BCUT2D eigenvalue weighted by Gasteiger charge is -2.32. The molecule has 0 saturated carbocycles. The average Bonchev–Trinajstić information content (AvgIpc) is 2.70. The lowest BCUT2D eigenvalue weighted by Crippen LogP contribution is -2.38. The summed E-state index contributed by atoms with van der Waals surface area (Å²) in [6.45, 7) is 7.41. The summed E-state index contributed by atoms with van der Waals surface area (Å²) in [4.78, 5) is 3.81. The van der Waals surface area contributed by atoms with Gasteiger partial charge >= 0.3 is 0 Å². The summed E-state index contributed by atoms with van der Waals surface area (Å²) in [5.41, 5.74) is 6.16. The quantitative estimate of drug-likeness (QED) is 0.794. The maximum absolute atomic E-state index is 5.89. The molecule has 1 aromatic rings. The third-order valence-corrected chi connectivity index (χ3v) is 3.86. The van der Waals surface area contributed by atoms with E-state index in [4.69, 9.17) is 5.73 Å². The van der Waals surface area contributed by atoms with Crippen LogP contribution >= 0.6 is 11.3 Å². The van der Waals surface area contributed by atoms with Crippen molar-refractivity contribution in [3.63, 3.8) is 0 Å². The van der Waals surface area contributed by atoms with Crippen molar-refractivity contribution < 1.29 is 0 Å². The van der Waals surface area contributed by atoms with Gasteiger partial charge in [-0.2, -0.15) is 0 Å². The summed E-state index contributed by atoms with van der Waals surface area (Å²) >= 11 is 1.83. The van der Waals surface area contributed by atoms with Crippen molar-refractivity contribution in [3.8, 4) is 0 Å². The molecule has 92 valence electrons. The second-order valence-corrected chi connectivity index (χ2v) is 6.05. The topological polar surface area (TPSA) is 29.3 Å². The fourth-order valence-corrected chi connectivity index (χ4v) is 3.01. The van der Waals surface area contributed by atoms with Crippen molar-refractivity contribution in [2.24, 2.45) is 11.1 Å². The zero-order valence-electron chi connectivity index (χ0n) is 10.7. The summed E-state index contributed by atoms with van der Waals surface area (Å²) in [5.74, 6) is 0. The smallest absolute Gasteiger partial charge is 0.0325 e. The van der Waals surface area contributed by atoms with Crippen LogP contribution < -0.4 is 5.73 Å². The number of nitrogens with zero attached hydrogens (tertiary/aromatic N) is 1. The van der Waals surface area contributed by atoms with E-state index in [9.17, 15) is 0 Å². The first kappa shape index (κ1) is 13.7. The maximum Gasteiger partial charge on any atom is 0.0325 e. The van der Waals surface area contributed by atoms with Gasteiger partial charge in [-0.3, -0.25) is 0 Å². The number of thiophene rings is 1. The van der Waals surface area contributed by atoms with Crippen LogP contribution in [0.5, 0.6) is 0 Å². The first-order valence-electron chi connectivity index (χ1n) is 6.00. The van der Waals surface area contributed by atoms with E-state index in [2.05, 4.69) is 43.3 Å². The van der Waals surface area contributed by atoms with Crippen molar-refractivity contribution in [2.45, 2.75) is 33.2 Å². The van der Waals surface area contributed by atoms with Crippen molar-refractivity contribution >= 4 is 11.3 Å². The number of rotatable bonds is 7. The summed E-state index contributed by atoms with van der Waals surface area (Å²) in [6.07, 6.45) is 2.42. The Bertz CT molecular complexity index is 284. The van der Waals surface area contributed by atoms with Gasteiger partial charge in [-0.25, -0.2) is 0 Å². The van der Waals surface area contributed by atoms with Gasteiger partial charge in [0.25, 0.3) is 0 Å². The van der Waals surface area contributed by atoms with E-state index in [1.54, 1.807) is 0 Å². The number of hydrogen-bond donors (Lipinski definition) is 1. The van der Waals surface area contributed by atoms with Gasteiger partial charge in [0, 0.05) is 18.0 Å². The maximum atomic E-state index is 5.89. The van der Waals surface area contributed by atoms with Crippen LogP contribution in [0, 0.1) is 5.41 Å². The molecule has 1 heterocycles. The summed E-state index contributed by atoms with van der Waals surface area (Å²) in [6, 6.07) is 4.31. The Hall–Kier alpha value is -0.380. The Labute approximate surface area is 103 Å². The van der Waals surface area contributed by atoms with Crippen molar-refractivity contribution in [1.82, 2.24) is 4.90 Å². The summed E-state index contributed by atoms with van der Waals surface area (Å²) in [7, 11) is 2.18. The van der Waals surface area contributed by atoms with Gasteiger partial charge in [-0.1, -0.05) is 26.3 Å². The van der Waals surface area contributed by atoms with Gasteiger partial charge in [-0.15, -0.1) is 11.3 Å². The number of nitrogens with two attached hydrogens (primary N) is 1. The molecule has 1 unspecified atom stereocenters. The van der Waals surface area contributed by atoms with E-state index in [1.807, 2.05) is 11.3 Å². The molecule has 0 aliphatic rings. The highest BCUT2D eigenvalue weighted by molar-refractivity contribution is 7.09. The molecule has 3 heteroatoms. The van der Waals surface area contributed by atoms with Crippen LogP contribution in [0.3, 0.4) is 0 Å². The largest absolute Gasteiger partial charge is 0.330 e. The minimum atomic E-state index is 0.265. The Morgan fingerprint density at radius 3 is 2.75 bits per heavy atom. The molecular weight excluding hydrogens is 216 g/mol. The normalized spacial score (nSPS) is 15.3. The van der Waals surface area contributed by atoms with Crippen LogP contribution in [0.25, 0.3) is 0 Å². The lowest BCUT2D eigenvalue weighted by molar-refractivity contribution is 0.180. The molecule has 0 bridgehead atoms. The van der Waals surface area contributed by atoms with Crippen LogP contribution in [-0.4, -0.2) is 25.0 Å². The van der Waals surface area contributed by atoms with Gasteiger partial charge in [-0.05, 0) is 36.9 Å². The lowest BCUT2D eigenvalue weighted by atomic mass is 9.85. The van der Waals surface area contributed by atoms with E-state index in [-0.39, 0.29) is 5.41 Å². The summed E-state index contributed by atoms with van der Waals surface area (Å²) in [5, 5.41) is 2.14. The van der Waals surface area contributed by atoms with Gasteiger partial charge < -0.3 is 10.6 Å². The summed E-state index contributed by atoms with van der Waals surface area (Å²) < 4.78 is 0. The molecule has 16 heavy (non-hydrogen) atoms. The van der Waals surface area contributed by atoms with E-state index in [0.29, 0.717) is 0 Å². The molecule has 2 N–H and O–H groups in total. The molecule has 0 amide bonds. The Morgan fingerprint density at radius 2 is 2.25 bits per heavy atom. The predicted molar refractivity (Wildman–Crippen MR) is 72.7 cm³/mol. The van der Waals surface area contributed by atoms with Crippen LogP contribution in [0.15, 0.2) is 17.5 Å². The highest BCUT2D eigenvalue weighted by Gasteiger charge is 2.23. The Morgan fingerprint density at radius 1 is 1.50 bits per heavy atom. The van der Waals surface area contributed by atoms with Crippen LogP contribution in [0.4, 0.5) is 0 Å². The molecule has 0 aliphatic carbocycles. The van der Waals surface area contributed by atoms with Crippen molar-refractivity contribution in [3.05, 3.63) is 22.4 Å². The standard InChI is InChI=1S/C13H24N2S/c1-4-7-13(2,10-14)11-15(3)9-12-6-5-8-16-12/h5-6,8H,4,7,9-11,14H2,1-3H3. The minimum Gasteiger partial charge on any atom is -0.330 e. The minimum absolute atomic E-state index is 0.265. The van der Waals surface area contributed by atoms with Gasteiger partial charge in [0.1, 0.15) is 0 Å². The predicted octanol–water partition coefficient (Wildman–Crippen LogP) is 2.95. The Balaban J connectivity index is 2.45. The molecule has 0 radical (unpaired) electrons. The molecule has 2 nitrogen and oxygen atoms in total. The second kappa shape index (κ2) is 6.38. The molecule has 1 rings (SSSR count). The first-order chi connectivity index (χ1) is 7.59. The molecule has 0 spiro atoms. The molecule has 0 aliphatic heterocycles. The molecule has 0 fully saturated rings. The van der Waals surface area contributed by atoms with Gasteiger partial charge in [0.15, 0.2) is 0 Å². The van der Waals surface area contributed by atoms with Crippen LogP contribution in [0.1, 0.15) is 31.6 Å². The highest BCUT2D eigenvalue weighted by Crippen LogP contribution is 2.23. The third kappa shape index (κ3) is 4.24. The van der Waals surface area contributed by atoms with E-state index in [1.165, 1.54) is 17.7 Å². The first-order valence-corrected chi connectivity index (χ1v) is 6.88. The van der Waals surface area contributed by atoms with Gasteiger partial charge in [0.05, 0.1) is 0 Å². The van der Waals surface area contributed by atoms with Crippen LogP contribution in [-0.2, 0) is 6.54 Å². The monoisotopic (exact) mass is 240 g/mol. The van der Waals surface area contributed by atoms with Crippen LogP contribution in [0.2, 0.25) is 0 Å². The second-order valence-electron chi connectivity index (χ2n) is 5.02. The van der Waals surface area contributed by atoms with E-state index < -0.39 is 0 Å².